The third kappa shape index (κ3) is 6.18. The van der Waals surface area contributed by atoms with Gasteiger partial charge in [-0.3, -0.25) is 19.4 Å². The molecule has 2 aromatic carbocycles. The van der Waals surface area contributed by atoms with Crippen LogP contribution in [0.2, 0.25) is 0 Å². The van der Waals surface area contributed by atoms with E-state index in [9.17, 15) is 9.59 Å². The number of amides is 2. The van der Waals surface area contributed by atoms with Gasteiger partial charge in [-0.15, -0.1) is 5.10 Å². The molecule has 0 saturated carbocycles. The zero-order chi connectivity index (χ0) is 25.6. The van der Waals surface area contributed by atoms with Gasteiger partial charge in [-0.2, -0.15) is 0 Å². The number of hydrogen-bond acceptors (Lipinski definition) is 8. The summed E-state index contributed by atoms with van der Waals surface area (Å²) in [4.78, 5) is 29.6. The van der Waals surface area contributed by atoms with E-state index >= 15 is 0 Å². The van der Waals surface area contributed by atoms with Crippen LogP contribution in [0.5, 0.6) is 0 Å². The molecule has 10 nitrogen and oxygen atoms in total. The fraction of sp³-hybridized carbons (Fsp3) is 0.481. The molecule has 2 aliphatic rings. The normalized spacial score (nSPS) is 18.3. The van der Waals surface area contributed by atoms with E-state index in [1.54, 1.807) is 16.8 Å². The molecule has 11 heteroatoms. The van der Waals surface area contributed by atoms with E-state index in [2.05, 4.69) is 31.2 Å². The molecule has 198 valence electrons. The van der Waals surface area contributed by atoms with Crippen molar-refractivity contribution in [2.75, 3.05) is 58.9 Å². The number of hydrogen-bond donors (Lipinski definition) is 3. The molecule has 2 aliphatic heterocycles. The molecule has 0 atom stereocenters. The predicted molar refractivity (Wildman–Crippen MR) is 143 cm³/mol. The van der Waals surface area contributed by atoms with Crippen LogP contribution < -0.4 is 16.0 Å². The van der Waals surface area contributed by atoms with Crippen LogP contribution in [0.15, 0.2) is 36.5 Å². The first kappa shape index (κ1) is 28.5. The Morgan fingerprint density at radius 3 is 2.32 bits per heavy atom. The number of carbonyl (C=O) groups is 2. The Morgan fingerprint density at radius 2 is 1.55 bits per heavy atom. The van der Waals surface area contributed by atoms with Crippen molar-refractivity contribution in [3.63, 3.8) is 0 Å². The van der Waals surface area contributed by atoms with Crippen LogP contribution in [0.1, 0.15) is 46.2 Å². The van der Waals surface area contributed by atoms with E-state index in [1.807, 2.05) is 31.3 Å². The SMILES string of the molecule is CCN1C(=O)c2cccc3c(-n4cc(CN5CCCNCCNCCCNCC5)nn4)ccc(c23)C1=O.[Zn]. The molecule has 1 saturated heterocycles. The summed E-state index contributed by atoms with van der Waals surface area (Å²) < 4.78 is 1.76. The molecule has 0 bridgehead atoms. The number of nitrogens with zero attached hydrogens (tertiary/aromatic N) is 5. The second-order valence-electron chi connectivity index (χ2n) is 9.60. The number of nitrogens with one attached hydrogen (secondary N) is 3. The van der Waals surface area contributed by atoms with Gasteiger partial charge in [-0.05, 0) is 64.1 Å². The summed E-state index contributed by atoms with van der Waals surface area (Å²) in [6, 6.07) is 9.29. The number of carbonyl (C=O) groups excluding carboxylic acids is 2. The van der Waals surface area contributed by atoms with E-state index in [0.717, 1.165) is 82.0 Å². The Kier molecular flexibility index (Phi) is 10.1. The van der Waals surface area contributed by atoms with Gasteiger partial charge in [-0.1, -0.05) is 17.3 Å². The van der Waals surface area contributed by atoms with Gasteiger partial charge >= 0.3 is 0 Å². The Morgan fingerprint density at radius 1 is 0.842 bits per heavy atom. The molecule has 2 amide bonds. The van der Waals surface area contributed by atoms with E-state index in [1.165, 1.54) is 4.90 Å². The van der Waals surface area contributed by atoms with Crippen LogP contribution in [0.3, 0.4) is 0 Å². The average molecular weight is 570 g/mol. The second kappa shape index (κ2) is 13.5. The van der Waals surface area contributed by atoms with Crippen molar-refractivity contribution in [3.05, 3.63) is 53.3 Å². The molecule has 0 spiro atoms. The zero-order valence-electron chi connectivity index (χ0n) is 22.2. The van der Waals surface area contributed by atoms with Crippen LogP contribution in [0.4, 0.5) is 0 Å². The van der Waals surface area contributed by atoms with Crippen molar-refractivity contribution < 1.29 is 29.1 Å². The first-order valence-corrected chi connectivity index (χ1v) is 13.4. The fourth-order valence-corrected chi connectivity index (χ4v) is 5.16. The maximum absolute atomic E-state index is 12.9. The van der Waals surface area contributed by atoms with Crippen LogP contribution in [-0.2, 0) is 26.0 Å². The molecule has 3 N–H and O–H groups in total. The molecule has 0 aliphatic carbocycles. The summed E-state index contributed by atoms with van der Waals surface area (Å²) >= 11 is 0. The van der Waals surface area contributed by atoms with Crippen molar-refractivity contribution in [1.82, 2.24) is 40.7 Å². The van der Waals surface area contributed by atoms with Gasteiger partial charge in [0, 0.05) is 80.6 Å². The second-order valence-corrected chi connectivity index (χ2v) is 9.60. The topological polar surface area (TPSA) is 107 Å². The van der Waals surface area contributed by atoms with Crippen LogP contribution >= 0.6 is 0 Å². The average Bonchev–Trinajstić information content (AvgIpc) is 3.37. The summed E-state index contributed by atoms with van der Waals surface area (Å²) in [5.74, 6) is -0.494. The van der Waals surface area contributed by atoms with Gasteiger partial charge in [0.25, 0.3) is 11.8 Å². The molecule has 5 rings (SSSR count). The molecular weight excluding hydrogens is 534 g/mol. The summed E-state index contributed by atoms with van der Waals surface area (Å²) in [6.07, 6.45) is 4.15. The molecule has 3 heterocycles. The number of aromatic nitrogens is 3. The Balaban J connectivity index is 0.00000336. The number of benzene rings is 2. The van der Waals surface area contributed by atoms with Crippen molar-refractivity contribution in [2.45, 2.75) is 26.3 Å². The first-order chi connectivity index (χ1) is 18.2. The molecule has 3 aromatic rings. The van der Waals surface area contributed by atoms with E-state index < -0.39 is 0 Å². The van der Waals surface area contributed by atoms with Gasteiger partial charge in [-0.25, -0.2) is 4.68 Å². The molecule has 0 unspecified atom stereocenters. The molecule has 38 heavy (non-hydrogen) atoms. The number of imide groups is 1. The number of rotatable bonds is 4. The monoisotopic (exact) mass is 568 g/mol. The molecule has 0 radical (unpaired) electrons. The maximum Gasteiger partial charge on any atom is 0.261 e. The minimum absolute atomic E-state index is 0. The minimum Gasteiger partial charge on any atom is -0.315 e. The van der Waals surface area contributed by atoms with Gasteiger partial charge in [0.1, 0.15) is 0 Å². The van der Waals surface area contributed by atoms with Crippen molar-refractivity contribution >= 4 is 22.6 Å². The zero-order valence-corrected chi connectivity index (χ0v) is 25.2. The fourth-order valence-electron chi connectivity index (χ4n) is 5.16. The van der Waals surface area contributed by atoms with Crippen LogP contribution in [0, 0.1) is 0 Å². The summed E-state index contributed by atoms with van der Waals surface area (Å²) in [6.45, 7) is 10.8. The van der Waals surface area contributed by atoms with Crippen molar-refractivity contribution in [3.8, 4) is 5.69 Å². The minimum atomic E-state index is -0.247. The molecular formula is C27H36N8O2Zn. The van der Waals surface area contributed by atoms with E-state index in [-0.39, 0.29) is 31.3 Å². The third-order valence-electron chi connectivity index (χ3n) is 7.08. The third-order valence-corrected chi connectivity index (χ3v) is 7.08. The van der Waals surface area contributed by atoms with E-state index in [0.29, 0.717) is 29.6 Å². The van der Waals surface area contributed by atoms with Gasteiger partial charge in [0.05, 0.1) is 17.6 Å². The van der Waals surface area contributed by atoms with Crippen LogP contribution in [-0.4, -0.2) is 95.5 Å². The largest absolute Gasteiger partial charge is 0.315 e. The van der Waals surface area contributed by atoms with Gasteiger partial charge in [0.2, 0.25) is 0 Å². The van der Waals surface area contributed by atoms with Crippen molar-refractivity contribution in [2.24, 2.45) is 0 Å². The summed E-state index contributed by atoms with van der Waals surface area (Å²) in [5.41, 5.74) is 2.81. The van der Waals surface area contributed by atoms with E-state index in [4.69, 9.17) is 0 Å². The molecule has 1 fully saturated rings. The van der Waals surface area contributed by atoms with Crippen molar-refractivity contribution in [1.29, 1.82) is 0 Å². The smallest absolute Gasteiger partial charge is 0.261 e. The summed E-state index contributed by atoms with van der Waals surface area (Å²) in [7, 11) is 0. The predicted octanol–water partition coefficient (Wildman–Crippen LogP) is 1.40. The van der Waals surface area contributed by atoms with Crippen LogP contribution in [0.25, 0.3) is 16.5 Å². The standard InChI is InChI=1S/C27H36N8O2.Zn/c1-2-34-26(36)22-7-3-6-21-24(9-8-23(25(21)22)27(34)37)35-19-20(31-32-35)18-33-16-5-12-29-14-13-28-10-4-11-30-15-17-33;/h3,6-9,19,28-30H,2,4-5,10-18H2,1H3;. The Hall–Kier alpha value is -2.56. The first-order valence-electron chi connectivity index (χ1n) is 13.4. The quantitative estimate of drug-likeness (QED) is 0.320. The Labute approximate surface area is 236 Å². The van der Waals surface area contributed by atoms with Gasteiger partial charge in [0.15, 0.2) is 0 Å². The maximum atomic E-state index is 12.9. The summed E-state index contributed by atoms with van der Waals surface area (Å²) in [5, 5.41) is 20.9. The molecule has 1 aromatic heterocycles. The van der Waals surface area contributed by atoms with Gasteiger partial charge < -0.3 is 16.0 Å². The Bertz CT molecular complexity index is 1230.